The summed E-state index contributed by atoms with van der Waals surface area (Å²) in [4.78, 5) is 0. The van der Waals surface area contributed by atoms with Gasteiger partial charge in [-0.3, -0.25) is 4.52 Å². The zero-order chi connectivity index (χ0) is 15.7. The third-order valence-electron chi connectivity index (χ3n) is 3.28. The lowest BCUT2D eigenvalue weighted by Crippen LogP contribution is -2.09. The lowest BCUT2D eigenvalue weighted by Gasteiger charge is -2.27. The third-order valence-corrected chi connectivity index (χ3v) is 5.58. The van der Waals surface area contributed by atoms with Gasteiger partial charge in [0, 0.05) is 5.02 Å². The maximum absolute atomic E-state index is 13.1. The number of aliphatic hydroxyl groups excluding tert-OH is 1. The second-order valence-corrected chi connectivity index (χ2v) is 7.03. The molecule has 0 bridgehead atoms. The van der Waals surface area contributed by atoms with Gasteiger partial charge in [-0.1, -0.05) is 35.9 Å². The van der Waals surface area contributed by atoms with Crippen molar-refractivity contribution in [3.8, 4) is 5.75 Å². The summed E-state index contributed by atoms with van der Waals surface area (Å²) in [6.45, 7) is 1.92. The monoisotopic (exact) mass is 336 g/mol. The van der Waals surface area contributed by atoms with Crippen molar-refractivity contribution in [2.45, 2.75) is 6.92 Å². The van der Waals surface area contributed by atoms with Gasteiger partial charge in [0.15, 0.2) is 0 Å². The molecule has 4 nitrogen and oxygen atoms in total. The van der Waals surface area contributed by atoms with Crippen LogP contribution in [0.4, 0.5) is 0 Å². The van der Waals surface area contributed by atoms with Gasteiger partial charge in [0.1, 0.15) is 16.8 Å². The predicted molar refractivity (Wildman–Crippen MR) is 87.2 cm³/mol. The number of rotatable bonds is 3. The zero-order valence-electron chi connectivity index (χ0n) is 11.8. The Bertz CT molecular complexity index is 783. The molecule has 1 aliphatic rings. The fourth-order valence-electron chi connectivity index (χ4n) is 2.34. The van der Waals surface area contributed by atoms with E-state index in [9.17, 15) is 9.67 Å². The van der Waals surface area contributed by atoms with Crippen LogP contribution in [0.15, 0.2) is 48.5 Å². The molecule has 2 aromatic carbocycles. The first-order valence-electron chi connectivity index (χ1n) is 6.78. The normalized spacial score (nSPS) is 20.5. The van der Waals surface area contributed by atoms with E-state index in [0.717, 1.165) is 0 Å². The second-order valence-electron chi connectivity index (χ2n) is 4.71. The van der Waals surface area contributed by atoms with Crippen molar-refractivity contribution >= 4 is 30.3 Å². The van der Waals surface area contributed by atoms with Crippen LogP contribution in [-0.4, -0.2) is 11.7 Å². The van der Waals surface area contributed by atoms with E-state index >= 15 is 0 Å². The van der Waals surface area contributed by atoms with Crippen molar-refractivity contribution in [2.75, 3.05) is 6.61 Å². The molecule has 22 heavy (non-hydrogen) atoms. The minimum Gasteiger partial charge on any atom is -0.506 e. The first-order valence-corrected chi connectivity index (χ1v) is 8.70. The van der Waals surface area contributed by atoms with Crippen LogP contribution >= 0.6 is 19.2 Å². The molecule has 2 aromatic rings. The van der Waals surface area contributed by atoms with Gasteiger partial charge in [-0.05, 0) is 36.8 Å². The van der Waals surface area contributed by atoms with Crippen molar-refractivity contribution in [3.05, 3.63) is 64.7 Å². The van der Waals surface area contributed by atoms with Crippen LogP contribution in [0.5, 0.6) is 5.75 Å². The van der Waals surface area contributed by atoms with E-state index in [2.05, 4.69) is 0 Å². The first-order chi connectivity index (χ1) is 10.5. The Hall–Kier alpha value is -1.74. The molecule has 0 saturated carbocycles. The molecule has 0 aromatic heterocycles. The fraction of sp³-hybridized carbons (Fsp3) is 0.125. The average molecular weight is 337 g/mol. The Balaban J connectivity index is 2.25. The molecular weight excluding hydrogens is 323 g/mol. The number of benzene rings is 2. The van der Waals surface area contributed by atoms with Crippen molar-refractivity contribution in [2.24, 2.45) is 0 Å². The smallest absolute Gasteiger partial charge is 0.415 e. The molecule has 114 valence electrons. The highest BCUT2D eigenvalue weighted by molar-refractivity contribution is 7.66. The largest absolute Gasteiger partial charge is 0.506 e. The molecule has 0 aliphatic carbocycles. The van der Waals surface area contributed by atoms with Gasteiger partial charge < -0.3 is 9.63 Å². The molecule has 1 aliphatic heterocycles. The van der Waals surface area contributed by atoms with Gasteiger partial charge in [-0.25, -0.2) is 4.57 Å². The van der Waals surface area contributed by atoms with Crippen molar-refractivity contribution in [3.63, 3.8) is 0 Å². The van der Waals surface area contributed by atoms with E-state index in [1.165, 1.54) is 0 Å². The molecule has 6 heteroatoms. The van der Waals surface area contributed by atoms with Crippen LogP contribution < -0.4 is 4.52 Å². The van der Waals surface area contributed by atoms with Gasteiger partial charge in [-0.15, -0.1) is 0 Å². The molecule has 1 atom stereocenters. The summed E-state index contributed by atoms with van der Waals surface area (Å²) < 4.78 is 24.1. The number of hydrogen-bond donors (Lipinski definition) is 1. The van der Waals surface area contributed by atoms with Gasteiger partial charge in [0.05, 0.1) is 12.2 Å². The van der Waals surface area contributed by atoms with Gasteiger partial charge >= 0.3 is 7.60 Å². The van der Waals surface area contributed by atoms with Gasteiger partial charge in [-0.2, -0.15) is 0 Å². The minimum atomic E-state index is -3.66. The Labute approximate surface area is 133 Å². The summed E-state index contributed by atoms with van der Waals surface area (Å²) in [6, 6.07) is 13.5. The van der Waals surface area contributed by atoms with Gasteiger partial charge in [0.25, 0.3) is 0 Å². The molecule has 0 radical (unpaired) electrons. The van der Waals surface area contributed by atoms with E-state index in [-0.39, 0.29) is 17.7 Å². The maximum Gasteiger partial charge on any atom is 0.415 e. The van der Waals surface area contributed by atoms with Crippen LogP contribution in [0.1, 0.15) is 18.1 Å². The first kappa shape index (κ1) is 15.2. The number of halogens is 1. The Morgan fingerprint density at radius 1 is 1.18 bits per heavy atom. The van der Waals surface area contributed by atoms with Crippen LogP contribution in [0.3, 0.4) is 0 Å². The molecule has 0 amide bonds. The number of para-hydroxylation sites is 1. The molecule has 1 heterocycles. The molecule has 0 fully saturated rings. The number of fused-ring (bicyclic) bond motifs is 1. The molecule has 3 rings (SSSR count). The van der Waals surface area contributed by atoms with E-state index in [4.69, 9.17) is 20.6 Å². The predicted octanol–water partition coefficient (Wildman–Crippen LogP) is 5.35. The molecule has 0 spiro atoms. The maximum atomic E-state index is 13.1. The summed E-state index contributed by atoms with van der Waals surface area (Å²) in [6.07, 6.45) is 0. The third kappa shape index (κ3) is 2.54. The van der Waals surface area contributed by atoms with E-state index in [1.54, 1.807) is 55.5 Å². The molecule has 1 N–H and O–H groups in total. The zero-order valence-corrected chi connectivity index (χ0v) is 13.5. The fourth-order valence-corrected chi connectivity index (χ4v) is 4.34. The van der Waals surface area contributed by atoms with Crippen molar-refractivity contribution < 1.29 is 18.7 Å². The highest BCUT2D eigenvalue weighted by atomic mass is 35.5. The second kappa shape index (κ2) is 5.81. The summed E-state index contributed by atoms with van der Waals surface area (Å²) in [7, 11) is -3.66. The Morgan fingerprint density at radius 3 is 2.55 bits per heavy atom. The average Bonchev–Trinajstić information content (AvgIpc) is 2.49. The Kier molecular flexibility index (Phi) is 4.00. The highest BCUT2D eigenvalue weighted by Gasteiger charge is 2.41. The lowest BCUT2D eigenvalue weighted by atomic mass is 10.1. The number of hydrogen-bond acceptors (Lipinski definition) is 4. The standard InChI is InChI=1S/C16H14ClO4P/c1-2-20-22(19)16(11-7-9-12(17)10-8-11)15(18)13-5-3-4-6-14(13)21-22/h3-10,18H,2H2,1H3. The van der Waals surface area contributed by atoms with Crippen LogP contribution in [-0.2, 0) is 9.09 Å². The lowest BCUT2D eigenvalue weighted by molar-refractivity contribution is 0.287. The summed E-state index contributed by atoms with van der Waals surface area (Å²) >= 11 is 5.89. The molecular formula is C16H14ClO4P. The SMILES string of the molecule is CCOP1(=O)Oc2ccccc2C(O)=C1c1ccc(Cl)cc1. The highest BCUT2D eigenvalue weighted by Crippen LogP contribution is 2.65. The van der Waals surface area contributed by atoms with Crippen LogP contribution in [0, 0.1) is 0 Å². The van der Waals surface area contributed by atoms with Gasteiger partial charge in [0.2, 0.25) is 0 Å². The van der Waals surface area contributed by atoms with Crippen molar-refractivity contribution in [1.29, 1.82) is 0 Å². The topological polar surface area (TPSA) is 55.8 Å². The quantitative estimate of drug-likeness (QED) is 0.768. The number of aliphatic hydroxyl groups is 1. The van der Waals surface area contributed by atoms with E-state index in [0.29, 0.717) is 21.9 Å². The van der Waals surface area contributed by atoms with Crippen LogP contribution in [0.25, 0.3) is 11.1 Å². The summed E-state index contributed by atoms with van der Waals surface area (Å²) in [5, 5.41) is 11.3. The molecule has 1 unspecified atom stereocenters. The minimum absolute atomic E-state index is 0.0963. The van der Waals surface area contributed by atoms with Crippen LogP contribution in [0.2, 0.25) is 5.02 Å². The van der Waals surface area contributed by atoms with E-state index < -0.39 is 7.60 Å². The van der Waals surface area contributed by atoms with Crippen molar-refractivity contribution in [1.82, 2.24) is 0 Å². The van der Waals surface area contributed by atoms with E-state index in [1.807, 2.05) is 0 Å². The summed E-state index contributed by atoms with van der Waals surface area (Å²) in [5.41, 5.74) is 1.03. The molecule has 0 saturated heterocycles. The Morgan fingerprint density at radius 2 is 1.86 bits per heavy atom. The summed E-state index contributed by atoms with van der Waals surface area (Å²) in [5.74, 6) is 0.246.